The zero-order chi connectivity index (χ0) is 8.55. The third-order valence-corrected chi connectivity index (χ3v) is 1.55. The summed E-state index contributed by atoms with van der Waals surface area (Å²) in [5.74, 6) is 0. The van der Waals surface area contributed by atoms with Gasteiger partial charge in [0, 0.05) is 18.0 Å². The van der Waals surface area contributed by atoms with Crippen LogP contribution in [0.4, 0.5) is 5.69 Å². The van der Waals surface area contributed by atoms with Crippen LogP contribution in [-0.4, -0.2) is 15.0 Å². The molecule has 0 unspecified atom stereocenters. The molecule has 12 heavy (non-hydrogen) atoms. The maximum atomic E-state index is 10.9. The van der Waals surface area contributed by atoms with Crippen LogP contribution in [0.3, 0.4) is 0 Å². The zero-order valence-electron chi connectivity index (χ0n) is 6.11. The van der Waals surface area contributed by atoms with Crippen molar-refractivity contribution in [3.8, 4) is 0 Å². The number of nitrogens with one attached hydrogen (secondary N) is 1. The van der Waals surface area contributed by atoms with Crippen molar-refractivity contribution in [2.24, 2.45) is 0 Å². The predicted molar refractivity (Wildman–Crippen MR) is 44.6 cm³/mol. The number of aromatic nitrogens is 3. The summed E-state index contributed by atoms with van der Waals surface area (Å²) in [4.78, 5) is 21.1. The standard InChI is InChI=1S/C7H6N4O/c8-5-1-6(12)11-7-4(5)2-9-3-10-7/h1-3H,(H3,8,9,10,11,12). The van der Waals surface area contributed by atoms with E-state index in [0.29, 0.717) is 16.7 Å². The molecule has 0 aliphatic carbocycles. The van der Waals surface area contributed by atoms with Crippen LogP contribution in [-0.2, 0) is 0 Å². The van der Waals surface area contributed by atoms with Crippen molar-refractivity contribution in [3.63, 3.8) is 0 Å². The molecule has 5 heteroatoms. The molecule has 2 aromatic rings. The average molecular weight is 162 g/mol. The van der Waals surface area contributed by atoms with E-state index in [9.17, 15) is 4.79 Å². The first-order valence-electron chi connectivity index (χ1n) is 3.36. The van der Waals surface area contributed by atoms with Crippen LogP contribution in [0.5, 0.6) is 0 Å². The molecule has 5 nitrogen and oxygen atoms in total. The van der Waals surface area contributed by atoms with Gasteiger partial charge in [-0.25, -0.2) is 9.97 Å². The van der Waals surface area contributed by atoms with Gasteiger partial charge in [0.05, 0.1) is 5.39 Å². The highest BCUT2D eigenvalue weighted by Crippen LogP contribution is 2.11. The third kappa shape index (κ3) is 0.914. The molecule has 0 bridgehead atoms. The monoisotopic (exact) mass is 162 g/mol. The minimum atomic E-state index is -0.251. The average Bonchev–Trinajstić information content (AvgIpc) is 2.04. The first-order valence-corrected chi connectivity index (χ1v) is 3.36. The summed E-state index contributed by atoms with van der Waals surface area (Å²) >= 11 is 0. The molecule has 0 radical (unpaired) electrons. The number of rotatable bonds is 0. The van der Waals surface area contributed by atoms with Crippen LogP contribution in [0.1, 0.15) is 0 Å². The summed E-state index contributed by atoms with van der Waals surface area (Å²) in [6.45, 7) is 0. The fraction of sp³-hybridized carbons (Fsp3) is 0. The molecule has 0 aromatic carbocycles. The number of pyridine rings is 1. The van der Waals surface area contributed by atoms with Crippen molar-refractivity contribution in [3.05, 3.63) is 28.9 Å². The molecule has 0 saturated carbocycles. The maximum absolute atomic E-state index is 10.9. The summed E-state index contributed by atoms with van der Waals surface area (Å²) in [6, 6.07) is 1.31. The van der Waals surface area contributed by atoms with Crippen LogP contribution >= 0.6 is 0 Å². The Morgan fingerprint density at radius 2 is 2.33 bits per heavy atom. The molecule has 0 spiro atoms. The van der Waals surface area contributed by atoms with E-state index in [0.717, 1.165) is 0 Å². The normalized spacial score (nSPS) is 10.3. The van der Waals surface area contributed by atoms with Gasteiger partial charge >= 0.3 is 0 Å². The van der Waals surface area contributed by atoms with Crippen molar-refractivity contribution in [2.45, 2.75) is 0 Å². The highest BCUT2D eigenvalue weighted by atomic mass is 16.1. The Kier molecular flexibility index (Phi) is 1.30. The summed E-state index contributed by atoms with van der Waals surface area (Å²) < 4.78 is 0. The number of nitrogen functional groups attached to an aromatic ring is 1. The second-order valence-corrected chi connectivity index (χ2v) is 2.37. The lowest BCUT2D eigenvalue weighted by atomic mass is 10.3. The quantitative estimate of drug-likeness (QED) is 0.566. The molecule has 0 saturated heterocycles. The van der Waals surface area contributed by atoms with E-state index in [1.54, 1.807) is 6.20 Å². The molecule has 0 amide bonds. The maximum Gasteiger partial charge on any atom is 0.251 e. The fourth-order valence-corrected chi connectivity index (χ4v) is 1.01. The van der Waals surface area contributed by atoms with Crippen molar-refractivity contribution >= 4 is 16.7 Å². The van der Waals surface area contributed by atoms with Crippen molar-refractivity contribution in [2.75, 3.05) is 5.73 Å². The summed E-state index contributed by atoms with van der Waals surface area (Å²) in [5, 5.41) is 0.664. The Morgan fingerprint density at radius 3 is 3.17 bits per heavy atom. The number of nitrogens with two attached hydrogens (primary N) is 1. The van der Waals surface area contributed by atoms with E-state index in [-0.39, 0.29) is 5.56 Å². The van der Waals surface area contributed by atoms with Gasteiger partial charge in [-0.05, 0) is 0 Å². The fourth-order valence-electron chi connectivity index (χ4n) is 1.01. The van der Waals surface area contributed by atoms with Crippen molar-refractivity contribution in [1.82, 2.24) is 15.0 Å². The number of anilines is 1. The summed E-state index contributed by atoms with van der Waals surface area (Å²) in [6.07, 6.45) is 2.92. The lowest BCUT2D eigenvalue weighted by Crippen LogP contribution is -2.07. The predicted octanol–water partition coefficient (Wildman–Crippen LogP) is -0.0997. The summed E-state index contributed by atoms with van der Waals surface area (Å²) in [5.41, 5.74) is 6.17. The molecule has 0 aliphatic heterocycles. The minimum absolute atomic E-state index is 0.251. The molecule has 3 N–H and O–H groups in total. The van der Waals surface area contributed by atoms with Gasteiger partial charge in [-0.3, -0.25) is 4.79 Å². The van der Waals surface area contributed by atoms with Gasteiger partial charge in [0.25, 0.3) is 5.56 Å². The molecule has 2 rings (SSSR count). The lowest BCUT2D eigenvalue weighted by molar-refractivity contribution is 1.16. The Hall–Kier alpha value is -1.91. The smallest absolute Gasteiger partial charge is 0.251 e. The molecular formula is C7H6N4O. The van der Waals surface area contributed by atoms with Gasteiger partial charge in [0.2, 0.25) is 0 Å². The highest BCUT2D eigenvalue weighted by Gasteiger charge is 1.99. The molecule has 2 aromatic heterocycles. The van der Waals surface area contributed by atoms with Gasteiger partial charge in [0.15, 0.2) is 0 Å². The van der Waals surface area contributed by atoms with Crippen LogP contribution in [0, 0.1) is 0 Å². The number of fused-ring (bicyclic) bond motifs is 1. The number of H-pyrrole nitrogens is 1. The number of aromatic amines is 1. The molecule has 2 heterocycles. The van der Waals surface area contributed by atoms with Gasteiger partial charge in [0.1, 0.15) is 12.0 Å². The van der Waals surface area contributed by atoms with Crippen molar-refractivity contribution < 1.29 is 0 Å². The van der Waals surface area contributed by atoms with E-state index in [1.807, 2.05) is 0 Å². The molecular weight excluding hydrogens is 156 g/mol. The van der Waals surface area contributed by atoms with Crippen LogP contribution in [0.15, 0.2) is 23.4 Å². The largest absolute Gasteiger partial charge is 0.398 e. The van der Waals surface area contributed by atoms with E-state index in [2.05, 4.69) is 15.0 Å². The number of hydrogen-bond acceptors (Lipinski definition) is 4. The molecule has 60 valence electrons. The van der Waals surface area contributed by atoms with Gasteiger partial charge in [-0.15, -0.1) is 0 Å². The number of hydrogen-bond donors (Lipinski definition) is 2. The Labute approximate surface area is 67.3 Å². The van der Waals surface area contributed by atoms with Gasteiger partial charge in [-0.1, -0.05) is 0 Å². The first kappa shape index (κ1) is 6.78. The topological polar surface area (TPSA) is 84.7 Å². The van der Waals surface area contributed by atoms with E-state index in [1.165, 1.54) is 12.4 Å². The molecule has 0 aliphatic rings. The third-order valence-electron chi connectivity index (χ3n) is 1.55. The van der Waals surface area contributed by atoms with Crippen molar-refractivity contribution in [1.29, 1.82) is 0 Å². The lowest BCUT2D eigenvalue weighted by Gasteiger charge is -1.97. The molecule has 0 fully saturated rings. The second-order valence-electron chi connectivity index (χ2n) is 2.37. The van der Waals surface area contributed by atoms with E-state index >= 15 is 0 Å². The molecule has 0 atom stereocenters. The van der Waals surface area contributed by atoms with Gasteiger partial charge < -0.3 is 10.7 Å². The zero-order valence-corrected chi connectivity index (χ0v) is 6.11. The summed E-state index contributed by atoms with van der Waals surface area (Å²) in [7, 11) is 0. The minimum Gasteiger partial charge on any atom is -0.398 e. The Balaban J connectivity index is 2.99. The van der Waals surface area contributed by atoms with E-state index < -0.39 is 0 Å². The van der Waals surface area contributed by atoms with Crippen LogP contribution < -0.4 is 11.3 Å². The second kappa shape index (κ2) is 2.30. The Morgan fingerprint density at radius 1 is 1.50 bits per heavy atom. The highest BCUT2D eigenvalue weighted by molar-refractivity contribution is 5.85. The van der Waals surface area contributed by atoms with E-state index in [4.69, 9.17) is 5.73 Å². The van der Waals surface area contributed by atoms with Crippen LogP contribution in [0.25, 0.3) is 11.0 Å². The Bertz CT molecular complexity index is 476. The SMILES string of the molecule is Nc1cc(=O)[nH]c2ncncc12. The first-order chi connectivity index (χ1) is 5.77. The van der Waals surface area contributed by atoms with Gasteiger partial charge in [-0.2, -0.15) is 0 Å². The number of nitrogens with zero attached hydrogens (tertiary/aromatic N) is 2. The van der Waals surface area contributed by atoms with Crippen LogP contribution in [0.2, 0.25) is 0 Å².